The first-order valence-electron chi connectivity index (χ1n) is 23.4. The van der Waals surface area contributed by atoms with Crippen LogP contribution in [-0.2, 0) is 46.4 Å². The number of nitrogens with two attached hydrogens (primary N) is 1. The van der Waals surface area contributed by atoms with Crippen LogP contribution in [0.1, 0.15) is 103 Å². The number of halogens is 3. The largest absolute Gasteiger partial charge is 0.446 e. The molecular formula is C50H74F3N7O7S. The van der Waals surface area contributed by atoms with Crippen LogP contribution in [0, 0.1) is 29.6 Å². The third-order valence-corrected chi connectivity index (χ3v) is 13.9. The average Bonchev–Trinajstić information content (AvgIpc) is 4.02. The van der Waals surface area contributed by atoms with E-state index in [1.54, 1.807) is 38.6 Å². The van der Waals surface area contributed by atoms with Crippen molar-refractivity contribution in [3.8, 4) is 0 Å². The molecule has 9 atom stereocenters. The van der Waals surface area contributed by atoms with Crippen molar-refractivity contribution in [3.05, 3.63) is 76.4 Å². The van der Waals surface area contributed by atoms with Gasteiger partial charge in [-0.1, -0.05) is 85.2 Å². The number of hydrogen-bond donors (Lipinski definition) is 2. The number of likely N-dealkylation sites (N-methyl/N-ethyl adjacent to an activating group) is 2. The van der Waals surface area contributed by atoms with Crippen molar-refractivity contribution >= 4 is 46.9 Å². The molecule has 1 fully saturated rings. The van der Waals surface area contributed by atoms with E-state index in [9.17, 15) is 32.3 Å². The van der Waals surface area contributed by atoms with Crippen LogP contribution in [0.5, 0.6) is 0 Å². The molecule has 0 unspecified atom stereocenters. The Morgan fingerprint density at radius 3 is 2.15 bits per heavy atom. The van der Waals surface area contributed by atoms with E-state index in [1.807, 2.05) is 99.3 Å². The number of alkyl halides is 3. The van der Waals surface area contributed by atoms with Crippen molar-refractivity contribution in [1.29, 1.82) is 0 Å². The maximum atomic E-state index is 14.6. The molecule has 18 heteroatoms. The summed E-state index contributed by atoms with van der Waals surface area (Å²) < 4.78 is 43.4. The Kier molecular flexibility index (Phi) is 23.2. The van der Waals surface area contributed by atoms with E-state index in [0.29, 0.717) is 31.7 Å². The number of aromatic nitrogens is 2. The maximum Gasteiger partial charge on any atom is 0.446 e. The lowest BCUT2D eigenvalue weighted by atomic mass is 9.83. The number of amides is 3. The number of carbonyl (C=O) groups excluding carboxylic acids is 5. The van der Waals surface area contributed by atoms with Crippen LogP contribution in [0.2, 0.25) is 0 Å². The number of Topliss-reactive ketones (excluding diaryl/α,β-unsaturated/α-hetero) is 1. The number of ether oxygens (including phenoxy) is 2. The van der Waals surface area contributed by atoms with Gasteiger partial charge in [0.05, 0.1) is 48.7 Å². The lowest BCUT2D eigenvalue weighted by Gasteiger charge is -2.41. The highest BCUT2D eigenvalue weighted by Gasteiger charge is 2.43. The highest BCUT2D eigenvalue weighted by molar-refractivity contribution is 7.09. The molecule has 4 rings (SSSR count). The van der Waals surface area contributed by atoms with Crippen molar-refractivity contribution < 1.29 is 46.6 Å². The van der Waals surface area contributed by atoms with Crippen molar-refractivity contribution in [1.82, 2.24) is 30.0 Å². The summed E-state index contributed by atoms with van der Waals surface area (Å²) in [7, 11) is 6.91. The molecule has 0 aliphatic carbocycles. The lowest BCUT2D eigenvalue weighted by molar-refractivity contribution is -0.156. The van der Waals surface area contributed by atoms with Crippen LogP contribution in [0.3, 0.4) is 0 Å². The molecule has 3 N–H and O–H groups in total. The zero-order valence-electron chi connectivity index (χ0n) is 41.6. The van der Waals surface area contributed by atoms with Gasteiger partial charge in [-0.3, -0.25) is 28.9 Å². The molecule has 3 aromatic rings. The van der Waals surface area contributed by atoms with Gasteiger partial charge in [-0.25, -0.2) is 9.97 Å². The third-order valence-electron chi connectivity index (χ3n) is 13.0. The minimum atomic E-state index is -4.64. The number of rotatable bonds is 24. The van der Waals surface area contributed by atoms with Gasteiger partial charge in [0.15, 0.2) is 5.78 Å². The average molecular weight is 974 g/mol. The number of likely N-dealkylation sites (tertiary alicyclic amines) is 1. The number of carbonyl (C=O) groups is 5. The predicted molar refractivity (Wildman–Crippen MR) is 258 cm³/mol. The van der Waals surface area contributed by atoms with Gasteiger partial charge in [0, 0.05) is 64.5 Å². The SMILES string of the molecule is CC[C@H](C)[C@@H]([C@@H](CC(=O)N1CCC[C@H]1[C@H](OC)[C@@H](C)C(=O)N[C@@H](Cc1ccccc1)c1nccs1)OC)N(C)C(=O)[C@@H](CC(=O)[C@H](C(C)C)N(C)Cc1ccnc(N)c1)C(C)C.O=CC(F)(F)F. The van der Waals surface area contributed by atoms with Crippen molar-refractivity contribution in [2.75, 3.05) is 40.6 Å². The first-order valence-corrected chi connectivity index (χ1v) is 24.3. The van der Waals surface area contributed by atoms with Gasteiger partial charge in [0.25, 0.3) is 0 Å². The van der Waals surface area contributed by atoms with Gasteiger partial charge in [-0.2, -0.15) is 13.2 Å². The molecule has 0 bridgehead atoms. The quantitative estimate of drug-likeness (QED) is 0.0847. The summed E-state index contributed by atoms with van der Waals surface area (Å²) in [5.41, 5.74) is 7.98. The number of nitrogens with one attached hydrogen (secondary N) is 1. The molecule has 2 aromatic heterocycles. The summed E-state index contributed by atoms with van der Waals surface area (Å²) in [6, 6.07) is 12.2. The van der Waals surface area contributed by atoms with E-state index in [0.717, 1.165) is 29.0 Å². The fraction of sp³-hybridized carbons (Fsp3) is 0.620. The molecule has 3 amide bonds. The molecule has 0 saturated carbocycles. The minimum Gasteiger partial charge on any atom is -0.384 e. The van der Waals surface area contributed by atoms with Gasteiger partial charge in [-0.15, -0.1) is 11.3 Å². The number of methoxy groups -OCH3 is 2. The smallest absolute Gasteiger partial charge is 0.384 e. The van der Waals surface area contributed by atoms with Crippen LogP contribution in [0.25, 0.3) is 0 Å². The lowest BCUT2D eigenvalue weighted by Crippen LogP contribution is -2.54. The van der Waals surface area contributed by atoms with Crippen LogP contribution in [0.4, 0.5) is 19.0 Å². The first kappa shape index (κ1) is 57.5. The topological polar surface area (TPSA) is 177 Å². The number of aldehydes is 1. The molecular weight excluding hydrogens is 900 g/mol. The highest BCUT2D eigenvalue weighted by Crippen LogP contribution is 2.32. The minimum absolute atomic E-state index is 0.00801. The Hall–Kier alpha value is -4.78. The molecule has 1 saturated heterocycles. The molecule has 378 valence electrons. The molecule has 1 aliphatic rings. The molecule has 1 aromatic carbocycles. The molecule has 14 nitrogen and oxygen atoms in total. The second-order valence-electron chi connectivity index (χ2n) is 18.6. The number of anilines is 1. The number of nitrogen functional groups attached to an aromatic ring is 1. The standard InChI is InChI=1S/C48H73N7O6S.C2HF3O/c1-12-32(6)44(54(9)48(59)36(30(2)3)27-39(56)43(31(4)5)53(8)29-35-20-21-50-41(49)26-35)40(60-10)28-42(57)55-23-16-19-38(55)45(61-11)33(7)46(58)52-37(47-51-22-24-62-47)25-34-17-14-13-15-18-34;3-2(4,5)1-6/h13-15,17-18,20-22,24,26,30-33,36-38,40,43-45H,12,16,19,23,25,27-29H2,1-11H3,(H2,49,50)(H,52,58);1H/t32-,33+,36-,37-,38-,40+,43-,44-,45+;/m0./s1. The normalized spacial score (nSPS) is 17.6. The Balaban J connectivity index is 0.00000191. The number of thiazole rings is 1. The Bertz CT molecular complexity index is 2030. The summed E-state index contributed by atoms with van der Waals surface area (Å²) in [6.07, 6.45) is -0.502. The third kappa shape index (κ3) is 16.7. The zero-order valence-corrected chi connectivity index (χ0v) is 42.4. The summed E-state index contributed by atoms with van der Waals surface area (Å²) in [6.45, 7) is 15.1. The maximum absolute atomic E-state index is 14.6. The van der Waals surface area contributed by atoms with Crippen LogP contribution < -0.4 is 11.1 Å². The summed E-state index contributed by atoms with van der Waals surface area (Å²) >= 11 is 1.51. The van der Waals surface area contributed by atoms with Crippen LogP contribution in [-0.4, -0.2) is 126 Å². The number of nitrogens with zero attached hydrogens (tertiary/aromatic N) is 5. The van der Waals surface area contributed by atoms with E-state index in [2.05, 4.69) is 29.1 Å². The van der Waals surface area contributed by atoms with Gasteiger partial charge in [-0.05, 0) is 67.3 Å². The predicted octanol–water partition coefficient (Wildman–Crippen LogP) is 7.58. The second-order valence-corrected chi connectivity index (χ2v) is 19.5. The van der Waals surface area contributed by atoms with Crippen LogP contribution in [0.15, 0.2) is 60.2 Å². The second kappa shape index (κ2) is 27.4. The van der Waals surface area contributed by atoms with Crippen molar-refractivity contribution in [2.45, 2.75) is 136 Å². The van der Waals surface area contributed by atoms with Crippen LogP contribution >= 0.6 is 11.3 Å². The summed E-state index contributed by atoms with van der Waals surface area (Å²) in [5, 5.41) is 5.98. The monoisotopic (exact) mass is 974 g/mol. The Morgan fingerprint density at radius 1 is 0.956 bits per heavy atom. The molecule has 1 aliphatic heterocycles. The van der Waals surface area contributed by atoms with Crippen molar-refractivity contribution in [2.24, 2.45) is 29.6 Å². The van der Waals surface area contributed by atoms with Gasteiger partial charge in [0.1, 0.15) is 10.8 Å². The van der Waals surface area contributed by atoms with E-state index in [-0.39, 0.29) is 66.2 Å². The fourth-order valence-electron chi connectivity index (χ4n) is 9.38. The summed E-state index contributed by atoms with van der Waals surface area (Å²) in [4.78, 5) is 80.2. The molecule has 3 heterocycles. The van der Waals surface area contributed by atoms with E-state index in [1.165, 1.54) is 11.3 Å². The zero-order chi connectivity index (χ0) is 50.9. The van der Waals surface area contributed by atoms with Gasteiger partial charge in [0.2, 0.25) is 24.0 Å². The molecule has 0 radical (unpaired) electrons. The van der Waals surface area contributed by atoms with E-state index in [4.69, 9.17) is 20.0 Å². The Labute approximate surface area is 404 Å². The van der Waals surface area contributed by atoms with E-state index >= 15 is 0 Å². The van der Waals surface area contributed by atoms with Crippen molar-refractivity contribution in [3.63, 3.8) is 0 Å². The Morgan fingerprint density at radius 2 is 1.62 bits per heavy atom. The number of benzene rings is 1. The number of hydrogen-bond acceptors (Lipinski definition) is 12. The van der Waals surface area contributed by atoms with E-state index < -0.39 is 48.6 Å². The first-order chi connectivity index (χ1) is 32.1. The van der Waals surface area contributed by atoms with Gasteiger partial charge < -0.3 is 30.3 Å². The highest BCUT2D eigenvalue weighted by atomic mass is 32.1. The fourth-order valence-corrected chi connectivity index (χ4v) is 10.1. The molecule has 0 spiro atoms. The summed E-state index contributed by atoms with van der Waals surface area (Å²) in [5.74, 6) is -1.23. The molecule has 68 heavy (non-hydrogen) atoms. The number of pyridine rings is 1. The number of ketones is 1. The van der Waals surface area contributed by atoms with Gasteiger partial charge >= 0.3 is 6.18 Å².